The SMILES string of the molecule is Cn1c(CN2CCCC2)cc2cc3c(cc21)CCCc1c-3[nH]c(=O)c(OC(=O)O)c1O. The number of H-pyrrole nitrogens is 1. The molecule has 3 heterocycles. The van der Waals surface area contributed by atoms with Crippen LogP contribution in [0.25, 0.3) is 22.2 Å². The number of likely N-dealkylation sites (tertiary alicyclic amines) is 1. The Bertz CT molecular complexity index is 1250. The van der Waals surface area contributed by atoms with Crippen molar-refractivity contribution in [3.05, 3.63) is 45.4 Å². The van der Waals surface area contributed by atoms with Crippen LogP contribution in [-0.4, -0.2) is 43.9 Å². The minimum atomic E-state index is -1.63. The lowest BCUT2D eigenvalue weighted by molar-refractivity contribution is 0.142. The third kappa shape index (κ3) is 3.37. The van der Waals surface area contributed by atoms with E-state index in [0.717, 1.165) is 54.5 Å². The normalized spacial score (nSPS) is 16.2. The first-order chi connectivity index (χ1) is 14.9. The van der Waals surface area contributed by atoms with Crippen LogP contribution >= 0.6 is 0 Å². The number of hydrogen-bond donors (Lipinski definition) is 3. The van der Waals surface area contributed by atoms with Gasteiger partial charge in [0.15, 0.2) is 5.75 Å². The van der Waals surface area contributed by atoms with E-state index in [1.807, 2.05) is 0 Å². The number of aromatic nitrogens is 2. The maximum Gasteiger partial charge on any atom is 0.511 e. The number of carboxylic acid groups (broad SMARTS) is 1. The second-order valence-electron chi connectivity index (χ2n) is 8.45. The number of rotatable bonds is 3. The topological polar surface area (TPSA) is 108 Å². The molecule has 1 fully saturated rings. The van der Waals surface area contributed by atoms with Crippen LogP contribution in [0.2, 0.25) is 0 Å². The smallest absolute Gasteiger partial charge is 0.504 e. The number of aromatic hydroxyl groups is 1. The highest BCUT2D eigenvalue weighted by Gasteiger charge is 2.25. The van der Waals surface area contributed by atoms with Gasteiger partial charge in [0.2, 0.25) is 5.75 Å². The molecule has 0 saturated carbocycles. The van der Waals surface area contributed by atoms with Crippen LogP contribution in [0, 0.1) is 0 Å². The van der Waals surface area contributed by atoms with Crippen LogP contribution in [0.5, 0.6) is 11.5 Å². The molecule has 2 aliphatic rings. The Hall–Kier alpha value is -3.26. The van der Waals surface area contributed by atoms with Crippen LogP contribution in [-0.2, 0) is 26.4 Å². The molecule has 1 aliphatic heterocycles. The van der Waals surface area contributed by atoms with Gasteiger partial charge >= 0.3 is 6.16 Å². The molecule has 0 radical (unpaired) electrons. The minimum absolute atomic E-state index is 0.392. The molecule has 3 N–H and O–H groups in total. The minimum Gasteiger partial charge on any atom is -0.504 e. The Kier molecular flexibility index (Phi) is 4.74. The van der Waals surface area contributed by atoms with Crippen molar-refractivity contribution in [2.45, 2.75) is 38.6 Å². The van der Waals surface area contributed by atoms with Crippen molar-refractivity contribution in [1.29, 1.82) is 0 Å². The second kappa shape index (κ2) is 7.46. The van der Waals surface area contributed by atoms with Crippen LogP contribution in [0.15, 0.2) is 23.0 Å². The highest BCUT2D eigenvalue weighted by atomic mass is 16.7. The molecule has 1 aromatic carbocycles. The van der Waals surface area contributed by atoms with Gasteiger partial charge in [-0.15, -0.1) is 0 Å². The zero-order chi connectivity index (χ0) is 21.7. The Morgan fingerprint density at radius 2 is 1.94 bits per heavy atom. The zero-order valence-electron chi connectivity index (χ0n) is 17.4. The van der Waals surface area contributed by atoms with E-state index in [-0.39, 0.29) is 0 Å². The quantitative estimate of drug-likeness (QED) is 0.558. The Balaban J connectivity index is 1.64. The Labute approximate surface area is 178 Å². The monoisotopic (exact) mass is 423 g/mol. The van der Waals surface area contributed by atoms with Crippen molar-refractivity contribution in [1.82, 2.24) is 14.5 Å². The van der Waals surface area contributed by atoms with Crippen molar-refractivity contribution in [2.24, 2.45) is 7.05 Å². The summed E-state index contributed by atoms with van der Waals surface area (Å²) in [7, 11) is 2.09. The summed E-state index contributed by atoms with van der Waals surface area (Å²) in [5.41, 5.74) is 4.67. The van der Waals surface area contributed by atoms with Crippen molar-refractivity contribution >= 4 is 17.1 Å². The number of aryl methyl sites for hydroxylation is 2. The first kappa shape index (κ1) is 19.7. The molecular formula is C23H25N3O5. The first-order valence-corrected chi connectivity index (χ1v) is 10.6. The summed E-state index contributed by atoms with van der Waals surface area (Å²) in [5, 5.41) is 20.6. The maximum atomic E-state index is 12.5. The number of carbonyl (C=O) groups is 1. The van der Waals surface area contributed by atoms with E-state index in [2.05, 4.69) is 44.4 Å². The van der Waals surface area contributed by atoms with E-state index in [4.69, 9.17) is 5.11 Å². The van der Waals surface area contributed by atoms with Gasteiger partial charge in [-0.05, 0) is 69.0 Å². The van der Waals surface area contributed by atoms with E-state index in [1.54, 1.807) is 0 Å². The third-order valence-electron chi connectivity index (χ3n) is 6.53. The third-order valence-corrected chi connectivity index (χ3v) is 6.53. The Morgan fingerprint density at radius 1 is 1.16 bits per heavy atom. The van der Waals surface area contributed by atoms with Gasteiger partial charge in [0, 0.05) is 41.3 Å². The number of nitrogens with one attached hydrogen (secondary N) is 1. The van der Waals surface area contributed by atoms with Crippen LogP contribution in [0.3, 0.4) is 0 Å². The molecule has 31 heavy (non-hydrogen) atoms. The standard InChI is InChI=1S/C23H25N3O5/c1-25-15(12-26-7-2-3-8-26)9-14-10-17-13(11-18(14)25)5-4-6-16-19(17)24-22(28)21(20(16)27)31-23(29)30/h9-11H,2-8,12H2,1H3,(H,29,30)(H2,24,27,28). The van der Waals surface area contributed by atoms with Gasteiger partial charge in [0.25, 0.3) is 5.56 Å². The summed E-state index contributed by atoms with van der Waals surface area (Å²) < 4.78 is 6.78. The lowest BCUT2D eigenvalue weighted by atomic mass is 9.99. The molecule has 8 heteroatoms. The summed E-state index contributed by atoms with van der Waals surface area (Å²) in [4.78, 5) is 28.6. The maximum absolute atomic E-state index is 12.5. The van der Waals surface area contributed by atoms with E-state index in [9.17, 15) is 14.7 Å². The molecule has 3 aromatic rings. The van der Waals surface area contributed by atoms with E-state index >= 15 is 0 Å². The van der Waals surface area contributed by atoms with Gasteiger partial charge in [-0.2, -0.15) is 0 Å². The van der Waals surface area contributed by atoms with Crippen LogP contribution < -0.4 is 10.3 Å². The van der Waals surface area contributed by atoms with E-state index in [1.165, 1.54) is 18.5 Å². The molecule has 0 unspecified atom stereocenters. The summed E-state index contributed by atoms with van der Waals surface area (Å²) in [6.45, 7) is 3.18. The fourth-order valence-corrected chi connectivity index (χ4v) is 4.97. The molecule has 0 atom stereocenters. The van der Waals surface area contributed by atoms with Gasteiger partial charge in [-0.3, -0.25) is 9.69 Å². The highest BCUT2D eigenvalue weighted by molar-refractivity contribution is 5.89. The zero-order valence-corrected chi connectivity index (χ0v) is 17.4. The number of hydrogen-bond acceptors (Lipinski definition) is 5. The molecule has 1 aliphatic carbocycles. The number of pyridine rings is 1. The molecule has 5 rings (SSSR count). The molecule has 2 aromatic heterocycles. The fourth-order valence-electron chi connectivity index (χ4n) is 4.97. The predicted molar refractivity (Wildman–Crippen MR) is 116 cm³/mol. The van der Waals surface area contributed by atoms with Gasteiger partial charge in [-0.1, -0.05) is 0 Å². The van der Waals surface area contributed by atoms with Crippen LogP contribution in [0.4, 0.5) is 4.79 Å². The molecule has 1 saturated heterocycles. The number of fused-ring (bicyclic) bond motifs is 4. The summed E-state index contributed by atoms with van der Waals surface area (Å²) >= 11 is 0. The average Bonchev–Trinajstić information content (AvgIpc) is 3.30. The lowest BCUT2D eigenvalue weighted by Crippen LogP contribution is -2.19. The largest absolute Gasteiger partial charge is 0.511 e. The average molecular weight is 423 g/mol. The van der Waals surface area contributed by atoms with E-state index in [0.29, 0.717) is 17.7 Å². The molecular weight excluding hydrogens is 398 g/mol. The molecule has 0 amide bonds. The van der Waals surface area contributed by atoms with Gasteiger partial charge in [0.1, 0.15) is 0 Å². The van der Waals surface area contributed by atoms with E-state index < -0.39 is 23.2 Å². The second-order valence-corrected chi connectivity index (χ2v) is 8.45. The fraction of sp³-hybridized carbons (Fsp3) is 0.391. The first-order valence-electron chi connectivity index (χ1n) is 10.6. The number of aromatic amines is 1. The summed E-state index contributed by atoms with van der Waals surface area (Å²) in [6.07, 6.45) is 2.94. The Morgan fingerprint density at radius 3 is 2.68 bits per heavy atom. The summed E-state index contributed by atoms with van der Waals surface area (Å²) in [5.74, 6) is -0.958. The molecule has 162 valence electrons. The highest BCUT2D eigenvalue weighted by Crippen LogP contribution is 2.40. The number of ether oxygens (including phenoxy) is 1. The molecule has 0 bridgehead atoms. The molecule has 8 nitrogen and oxygen atoms in total. The predicted octanol–water partition coefficient (Wildman–Crippen LogP) is 3.38. The van der Waals surface area contributed by atoms with Crippen molar-refractivity contribution in [3.8, 4) is 22.8 Å². The van der Waals surface area contributed by atoms with Crippen molar-refractivity contribution in [3.63, 3.8) is 0 Å². The summed E-state index contributed by atoms with van der Waals surface area (Å²) in [6, 6.07) is 6.43. The van der Waals surface area contributed by atoms with Gasteiger partial charge in [-0.25, -0.2) is 4.79 Å². The lowest BCUT2D eigenvalue weighted by Gasteiger charge is -2.15. The number of nitrogens with zero attached hydrogens (tertiary/aromatic N) is 2. The van der Waals surface area contributed by atoms with Crippen LogP contribution in [0.1, 0.15) is 36.1 Å². The van der Waals surface area contributed by atoms with Crippen molar-refractivity contribution in [2.75, 3.05) is 13.1 Å². The number of benzene rings is 1. The van der Waals surface area contributed by atoms with Gasteiger partial charge < -0.3 is 24.5 Å². The molecule has 0 spiro atoms. The van der Waals surface area contributed by atoms with Gasteiger partial charge in [0.05, 0.1) is 5.69 Å². The van der Waals surface area contributed by atoms with Crippen molar-refractivity contribution < 1.29 is 19.7 Å².